The van der Waals surface area contributed by atoms with Gasteiger partial charge in [0.2, 0.25) is 5.91 Å². The smallest absolute Gasteiger partial charge is 0.233 e. The summed E-state index contributed by atoms with van der Waals surface area (Å²) in [6, 6.07) is 16.7. The predicted octanol–water partition coefficient (Wildman–Crippen LogP) is 6.05. The summed E-state index contributed by atoms with van der Waals surface area (Å²) in [5.41, 5.74) is 2.26. The summed E-state index contributed by atoms with van der Waals surface area (Å²) in [4.78, 5) is 18.5. The van der Waals surface area contributed by atoms with Gasteiger partial charge < -0.3 is 15.1 Å². The lowest BCUT2D eigenvalue weighted by atomic mass is 9.70. The molecule has 0 spiro atoms. The number of carbonyl (C=O) groups is 1. The average molecular weight is 529 g/mol. The molecule has 5 rings (SSSR count). The largest absolute Gasteiger partial charge is 0.342 e. The first-order valence-electron chi connectivity index (χ1n) is 13.8. The lowest BCUT2D eigenvalue weighted by Crippen LogP contribution is -2.52. The van der Waals surface area contributed by atoms with Crippen molar-refractivity contribution >= 4 is 29.1 Å². The molecule has 0 aliphatic carbocycles. The van der Waals surface area contributed by atoms with Crippen LogP contribution >= 0.6 is 23.2 Å². The number of amides is 1. The second-order valence-electron chi connectivity index (χ2n) is 11.1. The van der Waals surface area contributed by atoms with Crippen LogP contribution in [0, 0.1) is 0 Å². The Labute approximate surface area is 226 Å². The Morgan fingerprint density at radius 2 is 1.61 bits per heavy atom. The van der Waals surface area contributed by atoms with Crippen molar-refractivity contribution in [1.29, 1.82) is 0 Å². The molecule has 0 bridgehead atoms. The molecule has 3 aliphatic rings. The molecule has 3 aliphatic heterocycles. The highest BCUT2D eigenvalue weighted by atomic mass is 35.5. The molecule has 36 heavy (non-hydrogen) atoms. The Morgan fingerprint density at radius 3 is 2.28 bits per heavy atom. The molecular formula is C30H39Cl2N3O. The van der Waals surface area contributed by atoms with Crippen molar-refractivity contribution in [2.24, 2.45) is 0 Å². The molecule has 1 N–H and O–H groups in total. The van der Waals surface area contributed by atoms with Crippen molar-refractivity contribution in [3.8, 4) is 0 Å². The van der Waals surface area contributed by atoms with Crippen LogP contribution < -0.4 is 5.32 Å². The van der Waals surface area contributed by atoms with Crippen molar-refractivity contribution in [3.63, 3.8) is 0 Å². The van der Waals surface area contributed by atoms with Crippen molar-refractivity contribution in [3.05, 3.63) is 69.7 Å². The van der Waals surface area contributed by atoms with E-state index in [1.807, 2.05) is 6.07 Å². The van der Waals surface area contributed by atoms with Gasteiger partial charge >= 0.3 is 0 Å². The fraction of sp³-hybridized carbons (Fsp3) is 0.567. The number of piperidine rings is 2. The summed E-state index contributed by atoms with van der Waals surface area (Å²) in [5.74, 6) is 0.359. The van der Waals surface area contributed by atoms with Gasteiger partial charge in [-0.1, -0.05) is 59.6 Å². The quantitative estimate of drug-likeness (QED) is 0.475. The van der Waals surface area contributed by atoms with Crippen LogP contribution in [-0.2, 0) is 15.6 Å². The highest BCUT2D eigenvalue weighted by Crippen LogP contribution is 2.40. The zero-order valence-electron chi connectivity index (χ0n) is 21.3. The molecule has 2 aromatic carbocycles. The SMILES string of the molecule is O=C(N1CCCC1)C1(c2ccccc2)CCN(CCCC2(c3ccc(Cl)c(Cl)c3)CCCNC2)CC1. The predicted molar refractivity (Wildman–Crippen MR) is 149 cm³/mol. The molecule has 3 fully saturated rings. The van der Waals surface area contributed by atoms with E-state index in [9.17, 15) is 4.79 Å². The lowest BCUT2D eigenvalue weighted by Gasteiger charge is -2.43. The molecule has 3 heterocycles. The van der Waals surface area contributed by atoms with Gasteiger partial charge in [-0.2, -0.15) is 0 Å². The molecule has 0 radical (unpaired) electrons. The number of halogens is 2. The number of hydrogen-bond acceptors (Lipinski definition) is 3. The van der Waals surface area contributed by atoms with E-state index in [2.05, 4.69) is 57.6 Å². The maximum Gasteiger partial charge on any atom is 0.233 e. The summed E-state index contributed by atoms with van der Waals surface area (Å²) in [6.07, 6.45) is 8.72. The van der Waals surface area contributed by atoms with Gasteiger partial charge in [0.15, 0.2) is 0 Å². The monoisotopic (exact) mass is 527 g/mol. The molecular weight excluding hydrogens is 489 g/mol. The van der Waals surface area contributed by atoms with Crippen molar-refractivity contribution < 1.29 is 4.79 Å². The van der Waals surface area contributed by atoms with E-state index in [0.717, 1.165) is 84.3 Å². The minimum absolute atomic E-state index is 0.113. The Bertz CT molecular complexity index is 1020. The maximum atomic E-state index is 13.8. The summed E-state index contributed by atoms with van der Waals surface area (Å²) >= 11 is 12.6. The van der Waals surface area contributed by atoms with Crippen LogP contribution in [0.4, 0.5) is 0 Å². The average Bonchev–Trinajstić information content (AvgIpc) is 3.46. The number of nitrogens with one attached hydrogen (secondary N) is 1. The standard InChI is InChI=1S/C30H39Cl2N3O/c31-26-11-10-25(22-27(26)32)29(12-6-16-33-23-29)13-7-17-34-20-14-30(15-21-34,24-8-2-1-3-9-24)28(36)35-18-4-5-19-35/h1-3,8-11,22,33H,4-7,12-21,23H2. The number of carbonyl (C=O) groups excluding carboxylic acids is 1. The molecule has 4 nitrogen and oxygen atoms in total. The van der Waals surface area contributed by atoms with E-state index in [1.165, 1.54) is 24.0 Å². The van der Waals surface area contributed by atoms with Crippen LogP contribution in [0.1, 0.15) is 62.5 Å². The van der Waals surface area contributed by atoms with Crippen LogP contribution in [0.5, 0.6) is 0 Å². The van der Waals surface area contributed by atoms with Gasteiger partial charge in [0, 0.05) is 25.0 Å². The van der Waals surface area contributed by atoms with Crippen molar-refractivity contribution in [2.45, 2.75) is 62.2 Å². The van der Waals surface area contributed by atoms with Crippen molar-refractivity contribution in [1.82, 2.24) is 15.1 Å². The van der Waals surface area contributed by atoms with Gasteiger partial charge in [-0.05, 0) is 101 Å². The Hall–Kier alpha value is -1.59. The molecule has 0 aromatic heterocycles. The van der Waals surface area contributed by atoms with Crippen molar-refractivity contribution in [2.75, 3.05) is 45.8 Å². The van der Waals surface area contributed by atoms with Crippen LogP contribution in [0.15, 0.2) is 48.5 Å². The van der Waals surface area contributed by atoms with E-state index < -0.39 is 0 Å². The Kier molecular flexibility index (Phi) is 8.27. The van der Waals surface area contributed by atoms with Gasteiger partial charge in [0.1, 0.15) is 0 Å². The minimum Gasteiger partial charge on any atom is -0.342 e. The first kappa shape index (κ1) is 26.0. The van der Waals surface area contributed by atoms with Crippen LogP contribution in [-0.4, -0.2) is 61.5 Å². The van der Waals surface area contributed by atoms with Gasteiger partial charge in [-0.15, -0.1) is 0 Å². The Morgan fingerprint density at radius 1 is 0.861 bits per heavy atom. The van der Waals surface area contributed by atoms with E-state index in [-0.39, 0.29) is 10.8 Å². The summed E-state index contributed by atoms with van der Waals surface area (Å²) in [6.45, 7) is 6.95. The summed E-state index contributed by atoms with van der Waals surface area (Å²) < 4.78 is 0. The van der Waals surface area contributed by atoms with E-state index in [0.29, 0.717) is 16.0 Å². The number of benzene rings is 2. The number of likely N-dealkylation sites (tertiary alicyclic amines) is 2. The van der Waals surface area contributed by atoms with Gasteiger partial charge in [0.25, 0.3) is 0 Å². The first-order chi connectivity index (χ1) is 17.5. The number of nitrogens with zero attached hydrogens (tertiary/aromatic N) is 2. The van der Waals surface area contributed by atoms with Gasteiger partial charge in [0.05, 0.1) is 15.5 Å². The third-order valence-corrected chi connectivity index (χ3v) is 9.71. The fourth-order valence-corrected chi connectivity index (χ4v) is 7.10. The van der Waals surface area contributed by atoms with E-state index in [1.54, 1.807) is 0 Å². The molecule has 2 aromatic rings. The highest BCUT2D eigenvalue weighted by molar-refractivity contribution is 6.42. The van der Waals surface area contributed by atoms with E-state index in [4.69, 9.17) is 23.2 Å². The molecule has 6 heteroatoms. The lowest BCUT2D eigenvalue weighted by molar-refractivity contribution is -0.138. The van der Waals surface area contributed by atoms with Crippen LogP contribution in [0.25, 0.3) is 0 Å². The second-order valence-corrected chi connectivity index (χ2v) is 11.9. The van der Waals surface area contributed by atoms with Crippen LogP contribution in [0.2, 0.25) is 10.0 Å². The number of hydrogen-bond donors (Lipinski definition) is 1. The molecule has 1 amide bonds. The molecule has 1 unspecified atom stereocenters. The zero-order valence-corrected chi connectivity index (χ0v) is 22.8. The number of rotatable bonds is 7. The normalized spacial score (nSPS) is 24.7. The molecule has 1 atom stereocenters. The zero-order chi connectivity index (χ0) is 25.0. The summed E-state index contributed by atoms with van der Waals surface area (Å²) in [7, 11) is 0. The second kappa shape index (κ2) is 11.4. The van der Waals surface area contributed by atoms with Gasteiger partial charge in [-0.25, -0.2) is 0 Å². The highest BCUT2D eigenvalue weighted by Gasteiger charge is 2.45. The minimum atomic E-state index is -0.364. The maximum absolute atomic E-state index is 13.8. The Balaban J connectivity index is 1.24. The van der Waals surface area contributed by atoms with Crippen LogP contribution in [0.3, 0.4) is 0 Å². The molecule has 3 saturated heterocycles. The molecule has 194 valence electrons. The molecule has 0 saturated carbocycles. The third-order valence-electron chi connectivity index (χ3n) is 8.97. The summed E-state index contributed by atoms with van der Waals surface area (Å²) in [5, 5.41) is 4.90. The third kappa shape index (κ3) is 5.34. The van der Waals surface area contributed by atoms with E-state index >= 15 is 0 Å². The topological polar surface area (TPSA) is 35.6 Å². The van der Waals surface area contributed by atoms with Gasteiger partial charge in [-0.3, -0.25) is 4.79 Å². The fourth-order valence-electron chi connectivity index (χ4n) is 6.80. The first-order valence-corrected chi connectivity index (χ1v) is 14.5.